The third-order valence-corrected chi connectivity index (χ3v) is 2.56. The van der Waals surface area contributed by atoms with E-state index in [4.69, 9.17) is 9.84 Å². The molecule has 0 saturated heterocycles. The first-order valence-electron chi connectivity index (χ1n) is 5.75. The minimum Gasteiger partial charge on any atom is -0.480 e. The van der Waals surface area contributed by atoms with Crippen molar-refractivity contribution in [3.63, 3.8) is 0 Å². The third kappa shape index (κ3) is 4.35. The zero-order valence-corrected chi connectivity index (χ0v) is 10.8. The Hall–Kier alpha value is -1.92. The van der Waals surface area contributed by atoms with Gasteiger partial charge < -0.3 is 20.3 Å². The highest BCUT2D eigenvalue weighted by Crippen LogP contribution is 2.06. The summed E-state index contributed by atoms with van der Waals surface area (Å²) in [6.45, 7) is 1.74. The van der Waals surface area contributed by atoms with Gasteiger partial charge in [-0.2, -0.15) is 0 Å². The van der Waals surface area contributed by atoms with Crippen LogP contribution in [0.25, 0.3) is 0 Å². The van der Waals surface area contributed by atoms with Crippen molar-refractivity contribution < 1.29 is 24.5 Å². The molecule has 0 heterocycles. The topological polar surface area (TPSA) is 95.9 Å². The van der Waals surface area contributed by atoms with Gasteiger partial charge in [0.05, 0.1) is 12.7 Å². The fourth-order valence-electron chi connectivity index (χ4n) is 1.53. The fourth-order valence-corrected chi connectivity index (χ4v) is 1.53. The van der Waals surface area contributed by atoms with Crippen LogP contribution in [0.5, 0.6) is 0 Å². The van der Waals surface area contributed by atoms with Crippen LogP contribution in [0, 0.1) is 0 Å². The second-order valence-electron chi connectivity index (χ2n) is 4.16. The summed E-state index contributed by atoms with van der Waals surface area (Å²) in [5.74, 6) is -1.82. The molecule has 0 aliphatic rings. The van der Waals surface area contributed by atoms with Gasteiger partial charge >= 0.3 is 5.97 Å². The zero-order valence-electron chi connectivity index (χ0n) is 10.8. The molecule has 0 bridgehead atoms. The number of rotatable bonds is 6. The van der Waals surface area contributed by atoms with Crippen LogP contribution in [0.15, 0.2) is 24.3 Å². The number of aliphatic hydroxyl groups is 1. The summed E-state index contributed by atoms with van der Waals surface area (Å²) in [6, 6.07) is 5.26. The molecule has 104 valence electrons. The van der Waals surface area contributed by atoms with Gasteiger partial charge in [0.15, 0.2) is 6.04 Å². The number of nitrogens with one attached hydrogen (secondary N) is 1. The number of aliphatic carboxylic acids is 1. The summed E-state index contributed by atoms with van der Waals surface area (Å²) >= 11 is 0. The number of hydrogen-bond donors (Lipinski definition) is 3. The summed E-state index contributed by atoms with van der Waals surface area (Å²) in [5, 5.41) is 20.4. The SMILES string of the molecule is COCc1ccc(C(=O)N[C@H](C(=O)O)[C@@H](C)O)cc1. The van der Waals surface area contributed by atoms with Crippen molar-refractivity contribution in [3.8, 4) is 0 Å². The predicted molar refractivity (Wildman–Crippen MR) is 67.7 cm³/mol. The van der Waals surface area contributed by atoms with Crippen LogP contribution in [-0.4, -0.2) is 41.3 Å². The Balaban J connectivity index is 2.74. The molecule has 0 saturated carbocycles. The van der Waals surface area contributed by atoms with E-state index in [0.29, 0.717) is 12.2 Å². The largest absolute Gasteiger partial charge is 0.480 e. The Morgan fingerprint density at radius 2 is 1.89 bits per heavy atom. The number of amides is 1. The zero-order chi connectivity index (χ0) is 14.4. The number of carbonyl (C=O) groups is 2. The van der Waals surface area contributed by atoms with Crippen LogP contribution >= 0.6 is 0 Å². The van der Waals surface area contributed by atoms with Gasteiger partial charge in [-0.1, -0.05) is 12.1 Å². The van der Waals surface area contributed by atoms with Gasteiger partial charge in [0.1, 0.15) is 0 Å². The van der Waals surface area contributed by atoms with E-state index >= 15 is 0 Å². The predicted octanol–water partition coefficient (Wildman–Crippen LogP) is 0.397. The van der Waals surface area contributed by atoms with Crippen molar-refractivity contribution >= 4 is 11.9 Å². The molecule has 0 unspecified atom stereocenters. The number of methoxy groups -OCH3 is 1. The lowest BCUT2D eigenvalue weighted by atomic mass is 10.1. The average Bonchev–Trinajstić information content (AvgIpc) is 2.36. The van der Waals surface area contributed by atoms with Crippen LogP contribution in [0.3, 0.4) is 0 Å². The van der Waals surface area contributed by atoms with E-state index in [1.807, 2.05) is 0 Å². The molecule has 0 aliphatic carbocycles. The van der Waals surface area contributed by atoms with Gasteiger partial charge in [-0.25, -0.2) is 4.79 Å². The van der Waals surface area contributed by atoms with E-state index in [1.54, 1.807) is 31.4 Å². The molecule has 0 aromatic heterocycles. The summed E-state index contributed by atoms with van der Waals surface area (Å²) in [4.78, 5) is 22.7. The van der Waals surface area contributed by atoms with Crippen molar-refractivity contribution in [2.45, 2.75) is 25.7 Å². The summed E-state index contributed by atoms with van der Waals surface area (Å²) in [6.07, 6.45) is -1.17. The van der Waals surface area contributed by atoms with Crippen LogP contribution in [0.2, 0.25) is 0 Å². The molecule has 0 fully saturated rings. The van der Waals surface area contributed by atoms with Crippen LogP contribution in [0.4, 0.5) is 0 Å². The van der Waals surface area contributed by atoms with Crippen molar-refractivity contribution in [2.75, 3.05) is 7.11 Å². The summed E-state index contributed by atoms with van der Waals surface area (Å²) in [5.41, 5.74) is 1.23. The lowest BCUT2D eigenvalue weighted by Gasteiger charge is -2.17. The minimum absolute atomic E-state index is 0.326. The standard InChI is InChI=1S/C13H17NO5/c1-8(15)11(13(17)18)14-12(16)10-5-3-9(4-6-10)7-19-2/h3-6,8,11,15H,7H2,1-2H3,(H,14,16)(H,17,18)/t8-,11+/m1/s1. The van der Waals surface area contributed by atoms with Crippen molar-refractivity contribution in [1.29, 1.82) is 0 Å². The molecular weight excluding hydrogens is 250 g/mol. The first-order valence-corrected chi connectivity index (χ1v) is 5.75. The molecule has 19 heavy (non-hydrogen) atoms. The van der Waals surface area contributed by atoms with Gasteiger partial charge in [0, 0.05) is 12.7 Å². The van der Waals surface area contributed by atoms with Crippen LogP contribution in [0.1, 0.15) is 22.8 Å². The Bertz CT molecular complexity index is 441. The van der Waals surface area contributed by atoms with Gasteiger partial charge in [-0.3, -0.25) is 4.79 Å². The van der Waals surface area contributed by atoms with Crippen molar-refractivity contribution in [1.82, 2.24) is 5.32 Å². The van der Waals surface area contributed by atoms with E-state index in [1.165, 1.54) is 6.92 Å². The second kappa shape index (κ2) is 6.86. The highest BCUT2D eigenvalue weighted by molar-refractivity contribution is 5.96. The molecular formula is C13H17NO5. The lowest BCUT2D eigenvalue weighted by Crippen LogP contribution is -2.47. The Morgan fingerprint density at radius 1 is 1.32 bits per heavy atom. The normalized spacial score (nSPS) is 13.6. The van der Waals surface area contributed by atoms with E-state index in [9.17, 15) is 14.7 Å². The monoisotopic (exact) mass is 267 g/mol. The molecule has 0 aliphatic heterocycles. The van der Waals surface area contributed by atoms with E-state index in [2.05, 4.69) is 5.32 Å². The number of ether oxygens (including phenoxy) is 1. The molecule has 6 nitrogen and oxygen atoms in total. The summed E-state index contributed by atoms with van der Waals surface area (Å²) < 4.78 is 4.94. The van der Waals surface area contributed by atoms with E-state index in [-0.39, 0.29) is 0 Å². The Kier molecular flexibility index (Phi) is 5.47. The maximum absolute atomic E-state index is 11.8. The molecule has 1 amide bonds. The molecule has 0 radical (unpaired) electrons. The molecule has 6 heteroatoms. The quantitative estimate of drug-likeness (QED) is 0.693. The van der Waals surface area contributed by atoms with Crippen LogP contribution < -0.4 is 5.32 Å². The molecule has 2 atom stereocenters. The molecule has 1 rings (SSSR count). The number of carbonyl (C=O) groups excluding carboxylic acids is 1. The van der Waals surface area contributed by atoms with Gasteiger partial charge in [0.25, 0.3) is 5.91 Å². The van der Waals surface area contributed by atoms with Crippen molar-refractivity contribution in [3.05, 3.63) is 35.4 Å². The molecule has 1 aromatic rings. The lowest BCUT2D eigenvalue weighted by molar-refractivity contribution is -0.141. The fraction of sp³-hybridized carbons (Fsp3) is 0.385. The number of carboxylic acids is 1. The highest BCUT2D eigenvalue weighted by Gasteiger charge is 2.25. The smallest absolute Gasteiger partial charge is 0.328 e. The minimum atomic E-state index is -1.33. The van der Waals surface area contributed by atoms with Gasteiger partial charge in [-0.05, 0) is 24.6 Å². The summed E-state index contributed by atoms with van der Waals surface area (Å²) in [7, 11) is 1.57. The number of benzene rings is 1. The molecule has 3 N–H and O–H groups in total. The third-order valence-electron chi connectivity index (χ3n) is 2.56. The maximum atomic E-state index is 11.8. The molecule has 0 spiro atoms. The number of carboxylic acid groups (broad SMARTS) is 1. The number of aliphatic hydroxyl groups excluding tert-OH is 1. The van der Waals surface area contributed by atoms with Crippen LogP contribution in [-0.2, 0) is 16.1 Å². The maximum Gasteiger partial charge on any atom is 0.328 e. The van der Waals surface area contributed by atoms with E-state index < -0.39 is 24.0 Å². The average molecular weight is 267 g/mol. The van der Waals surface area contributed by atoms with Gasteiger partial charge in [-0.15, -0.1) is 0 Å². The first-order chi connectivity index (χ1) is 8.95. The van der Waals surface area contributed by atoms with E-state index in [0.717, 1.165) is 5.56 Å². The Labute approximate surface area is 111 Å². The van der Waals surface area contributed by atoms with Gasteiger partial charge in [0.2, 0.25) is 0 Å². The Morgan fingerprint density at radius 3 is 2.32 bits per heavy atom. The second-order valence-corrected chi connectivity index (χ2v) is 4.16. The molecule has 1 aromatic carbocycles. The first kappa shape index (κ1) is 15.1. The number of hydrogen-bond acceptors (Lipinski definition) is 4. The highest BCUT2D eigenvalue weighted by atomic mass is 16.5. The van der Waals surface area contributed by atoms with Crippen molar-refractivity contribution in [2.24, 2.45) is 0 Å².